The largest absolute Gasteiger partial charge is 0.468 e. The number of nitrogens with two attached hydrogens (primary N) is 1. The van der Waals surface area contributed by atoms with E-state index in [0.717, 1.165) is 18.0 Å². The zero-order valence-electron chi connectivity index (χ0n) is 10.3. The van der Waals surface area contributed by atoms with E-state index in [2.05, 4.69) is 31.0 Å². The Balaban J connectivity index is 2.04. The van der Waals surface area contributed by atoms with Crippen LogP contribution in [0.25, 0.3) is 0 Å². The smallest absolute Gasteiger partial charge is 0.117 e. The van der Waals surface area contributed by atoms with Gasteiger partial charge in [-0.1, -0.05) is 12.1 Å². The van der Waals surface area contributed by atoms with Gasteiger partial charge in [-0.05, 0) is 43.8 Å². The van der Waals surface area contributed by atoms with Gasteiger partial charge in [0.1, 0.15) is 5.76 Å². The molecule has 3 heteroatoms. The van der Waals surface area contributed by atoms with E-state index in [9.17, 15) is 0 Å². The van der Waals surface area contributed by atoms with Crippen molar-refractivity contribution < 1.29 is 4.42 Å². The van der Waals surface area contributed by atoms with Gasteiger partial charge in [-0.25, -0.2) is 0 Å². The minimum Gasteiger partial charge on any atom is -0.468 e. The molecule has 3 nitrogen and oxygen atoms in total. The molecule has 0 saturated carbocycles. The fraction of sp³-hybridized carbons (Fsp3) is 0.286. The van der Waals surface area contributed by atoms with Gasteiger partial charge >= 0.3 is 0 Å². The summed E-state index contributed by atoms with van der Waals surface area (Å²) in [5.41, 5.74) is 7.74. The number of anilines is 1. The molecule has 0 spiro atoms. The molecule has 0 amide bonds. The van der Waals surface area contributed by atoms with Crippen LogP contribution in [0.4, 0.5) is 5.69 Å². The first kappa shape index (κ1) is 11.7. The fourth-order valence-corrected chi connectivity index (χ4v) is 1.81. The molecule has 1 atom stereocenters. The lowest BCUT2D eigenvalue weighted by Crippen LogP contribution is -2.21. The molecule has 0 saturated heterocycles. The van der Waals surface area contributed by atoms with Gasteiger partial charge in [0.25, 0.3) is 0 Å². The maximum Gasteiger partial charge on any atom is 0.117 e. The maximum atomic E-state index is 5.68. The Kier molecular flexibility index (Phi) is 3.49. The average molecular weight is 230 g/mol. The van der Waals surface area contributed by atoms with Gasteiger partial charge in [0, 0.05) is 11.7 Å². The molecule has 0 aliphatic heterocycles. The molecular weight excluding hydrogens is 212 g/mol. The number of rotatable bonds is 4. The molecule has 1 heterocycles. The van der Waals surface area contributed by atoms with Crippen molar-refractivity contribution in [2.24, 2.45) is 0 Å². The van der Waals surface area contributed by atoms with Gasteiger partial charge in [-0.3, -0.25) is 4.90 Å². The summed E-state index contributed by atoms with van der Waals surface area (Å²) in [5.74, 6) is 0.981. The van der Waals surface area contributed by atoms with Gasteiger partial charge < -0.3 is 10.2 Å². The summed E-state index contributed by atoms with van der Waals surface area (Å²) < 4.78 is 5.35. The van der Waals surface area contributed by atoms with Crippen molar-refractivity contribution in [1.29, 1.82) is 0 Å². The predicted octanol–water partition coefficient (Wildman–Crippen LogP) is 3.05. The Morgan fingerprint density at radius 3 is 2.53 bits per heavy atom. The summed E-state index contributed by atoms with van der Waals surface area (Å²) >= 11 is 0. The van der Waals surface area contributed by atoms with Crippen LogP contribution in [0, 0.1) is 0 Å². The first-order chi connectivity index (χ1) is 8.16. The molecule has 2 N–H and O–H groups in total. The second kappa shape index (κ2) is 5.06. The molecule has 17 heavy (non-hydrogen) atoms. The minimum absolute atomic E-state index is 0.334. The SMILES string of the molecule is CC(c1ccc(N)cc1)N(C)Cc1ccco1. The summed E-state index contributed by atoms with van der Waals surface area (Å²) in [6, 6.07) is 12.3. The van der Waals surface area contributed by atoms with E-state index in [-0.39, 0.29) is 0 Å². The maximum absolute atomic E-state index is 5.68. The molecule has 90 valence electrons. The molecule has 0 aliphatic carbocycles. The highest BCUT2D eigenvalue weighted by Gasteiger charge is 2.12. The average Bonchev–Trinajstić information content (AvgIpc) is 2.82. The minimum atomic E-state index is 0.334. The summed E-state index contributed by atoms with van der Waals surface area (Å²) in [5, 5.41) is 0. The number of nitrogen functional groups attached to an aromatic ring is 1. The Hall–Kier alpha value is -1.74. The Morgan fingerprint density at radius 1 is 1.24 bits per heavy atom. The lowest BCUT2D eigenvalue weighted by molar-refractivity contribution is 0.232. The van der Waals surface area contributed by atoms with E-state index in [1.54, 1.807) is 6.26 Å². The van der Waals surface area contributed by atoms with Crippen molar-refractivity contribution in [1.82, 2.24) is 4.90 Å². The number of hydrogen-bond acceptors (Lipinski definition) is 3. The van der Waals surface area contributed by atoms with E-state index in [1.165, 1.54) is 5.56 Å². The molecule has 1 aromatic carbocycles. The highest BCUT2D eigenvalue weighted by molar-refractivity contribution is 5.40. The Bertz CT molecular complexity index is 448. The topological polar surface area (TPSA) is 42.4 Å². The van der Waals surface area contributed by atoms with Crippen LogP contribution in [-0.2, 0) is 6.54 Å². The lowest BCUT2D eigenvalue weighted by atomic mass is 10.1. The van der Waals surface area contributed by atoms with E-state index >= 15 is 0 Å². The number of hydrogen-bond donors (Lipinski definition) is 1. The second-order valence-electron chi connectivity index (χ2n) is 4.34. The van der Waals surface area contributed by atoms with Crippen molar-refractivity contribution in [3.05, 3.63) is 54.0 Å². The van der Waals surface area contributed by atoms with Gasteiger partial charge in [0.15, 0.2) is 0 Å². The lowest BCUT2D eigenvalue weighted by Gasteiger charge is -2.24. The van der Waals surface area contributed by atoms with E-state index < -0.39 is 0 Å². The van der Waals surface area contributed by atoms with Crippen molar-refractivity contribution in [2.45, 2.75) is 19.5 Å². The Morgan fingerprint density at radius 2 is 1.94 bits per heavy atom. The zero-order chi connectivity index (χ0) is 12.3. The van der Waals surface area contributed by atoms with Crippen molar-refractivity contribution >= 4 is 5.69 Å². The van der Waals surface area contributed by atoms with Crippen molar-refractivity contribution in [2.75, 3.05) is 12.8 Å². The monoisotopic (exact) mass is 230 g/mol. The highest BCUT2D eigenvalue weighted by Crippen LogP contribution is 2.21. The summed E-state index contributed by atoms with van der Waals surface area (Å²) in [6.07, 6.45) is 1.71. The predicted molar refractivity (Wildman–Crippen MR) is 69.4 cm³/mol. The van der Waals surface area contributed by atoms with E-state index in [0.29, 0.717) is 6.04 Å². The van der Waals surface area contributed by atoms with Crippen LogP contribution in [0.15, 0.2) is 47.1 Å². The number of nitrogens with zero attached hydrogens (tertiary/aromatic N) is 1. The summed E-state index contributed by atoms with van der Waals surface area (Å²) in [7, 11) is 2.09. The third kappa shape index (κ3) is 2.88. The van der Waals surface area contributed by atoms with Crippen LogP contribution in [0.3, 0.4) is 0 Å². The first-order valence-corrected chi connectivity index (χ1v) is 5.75. The quantitative estimate of drug-likeness (QED) is 0.821. The molecule has 0 bridgehead atoms. The highest BCUT2D eigenvalue weighted by atomic mass is 16.3. The van der Waals surface area contributed by atoms with Crippen LogP contribution in [0.5, 0.6) is 0 Å². The number of benzene rings is 1. The molecule has 1 aromatic heterocycles. The summed E-state index contributed by atoms with van der Waals surface area (Å²) in [4.78, 5) is 2.24. The first-order valence-electron chi connectivity index (χ1n) is 5.75. The third-order valence-corrected chi connectivity index (χ3v) is 3.07. The Labute approximate surface area is 102 Å². The van der Waals surface area contributed by atoms with Crippen molar-refractivity contribution in [3.63, 3.8) is 0 Å². The van der Waals surface area contributed by atoms with Crippen LogP contribution >= 0.6 is 0 Å². The summed E-state index contributed by atoms with van der Waals surface area (Å²) in [6.45, 7) is 2.98. The normalized spacial score (nSPS) is 12.9. The van der Waals surface area contributed by atoms with Gasteiger partial charge in [-0.15, -0.1) is 0 Å². The third-order valence-electron chi connectivity index (χ3n) is 3.07. The standard InChI is InChI=1S/C14H18N2O/c1-11(12-5-7-13(15)8-6-12)16(2)10-14-4-3-9-17-14/h3-9,11H,10,15H2,1-2H3. The molecule has 1 unspecified atom stereocenters. The van der Waals surface area contributed by atoms with Crippen LogP contribution in [-0.4, -0.2) is 11.9 Å². The molecule has 0 aliphatic rings. The molecule has 0 radical (unpaired) electrons. The van der Waals surface area contributed by atoms with Crippen LogP contribution in [0.1, 0.15) is 24.3 Å². The van der Waals surface area contributed by atoms with Gasteiger partial charge in [0.2, 0.25) is 0 Å². The van der Waals surface area contributed by atoms with E-state index in [4.69, 9.17) is 10.2 Å². The fourth-order valence-electron chi connectivity index (χ4n) is 1.81. The zero-order valence-corrected chi connectivity index (χ0v) is 10.3. The molecule has 2 rings (SSSR count). The van der Waals surface area contributed by atoms with Gasteiger partial charge in [-0.2, -0.15) is 0 Å². The molecule has 2 aromatic rings. The van der Waals surface area contributed by atoms with E-state index in [1.807, 2.05) is 24.3 Å². The molecule has 0 fully saturated rings. The second-order valence-corrected chi connectivity index (χ2v) is 4.34. The van der Waals surface area contributed by atoms with Crippen LogP contribution < -0.4 is 5.73 Å². The van der Waals surface area contributed by atoms with Crippen molar-refractivity contribution in [3.8, 4) is 0 Å². The van der Waals surface area contributed by atoms with Gasteiger partial charge in [0.05, 0.1) is 12.8 Å². The molecular formula is C14H18N2O. The van der Waals surface area contributed by atoms with Crippen LogP contribution in [0.2, 0.25) is 0 Å². The number of furan rings is 1.